The summed E-state index contributed by atoms with van der Waals surface area (Å²) >= 11 is 3.51. The first-order valence-corrected chi connectivity index (χ1v) is 6.24. The number of rotatable bonds is 7. The summed E-state index contributed by atoms with van der Waals surface area (Å²) < 4.78 is 6.80. The number of para-hydroxylation sites is 1. The highest BCUT2D eigenvalue weighted by molar-refractivity contribution is 9.10. The molecule has 0 bridgehead atoms. The predicted molar refractivity (Wildman–Crippen MR) is 71.8 cm³/mol. The van der Waals surface area contributed by atoms with Crippen LogP contribution in [0, 0.1) is 0 Å². The monoisotopic (exact) mass is 283 g/mol. The van der Waals surface area contributed by atoms with Gasteiger partial charge in [-0.1, -0.05) is 18.2 Å². The van der Waals surface area contributed by atoms with Crippen molar-refractivity contribution in [3.63, 3.8) is 0 Å². The van der Waals surface area contributed by atoms with Crippen LogP contribution in [0.15, 0.2) is 35.3 Å². The molecular formula is C13H18BrNO. The Balaban J connectivity index is 2.64. The summed E-state index contributed by atoms with van der Waals surface area (Å²) in [7, 11) is 1.93. The maximum absolute atomic E-state index is 5.79. The number of allylic oxidation sites excluding steroid dienone is 1. The second-order valence-electron chi connectivity index (χ2n) is 3.54. The van der Waals surface area contributed by atoms with Crippen LogP contribution in [0.5, 0.6) is 5.75 Å². The van der Waals surface area contributed by atoms with Crippen molar-refractivity contribution < 1.29 is 4.74 Å². The van der Waals surface area contributed by atoms with Crippen LogP contribution in [0.1, 0.15) is 18.4 Å². The zero-order valence-electron chi connectivity index (χ0n) is 9.63. The summed E-state index contributed by atoms with van der Waals surface area (Å²) in [5.41, 5.74) is 1.18. The second-order valence-corrected chi connectivity index (χ2v) is 4.39. The Labute approximate surface area is 106 Å². The van der Waals surface area contributed by atoms with Crippen molar-refractivity contribution in [3.05, 3.63) is 40.9 Å². The fourth-order valence-corrected chi connectivity index (χ4v) is 1.97. The van der Waals surface area contributed by atoms with Crippen molar-refractivity contribution in [2.45, 2.75) is 19.4 Å². The van der Waals surface area contributed by atoms with Crippen molar-refractivity contribution in [1.29, 1.82) is 0 Å². The number of hydrogen-bond acceptors (Lipinski definition) is 2. The van der Waals surface area contributed by atoms with Gasteiger partial charge in [0.25, 0.3) is 0 Å². The fraction of sp³-hybridized carbons (Fsp3) is 0.385. The number of halogens is 1. The van der Waals surface area contributed by atoms with Crippen LogP contribution in [0.2, 0.25) is 0 Å². The van der Waals surface area contributed by atoms with E-state index in [4.69, 9.17) is 4.74 Å². The molecule has 0 unspecified atom stereocenters. The Morgan fingerprint density at radius 1 is 1.50 bits per heavy atom. The number of ether oxygens (including phenoxy) is 1. The highest BCUT2D eigenvalue weighted by Crippen LogP contribution is 2.29. The third kappa shape index (κ3) is 3.99. The lowest BCUT2D eigenvalue weighted by Gasteiger charge is -2.12. The first kappa shape index (κ1) is 13.3. The molecule has 16 heavy (non-hydrogen) atoms. The quantitative estimate of drug-likeness (QED) is 0.611. The molecule has 0 spiro atoms. The van der Waals surface area contributed by atoms with E-state index in [0.29, 0.717) is 0 Å². The van der Waals surface area contributed by atoms with Crippen molar-refractivity contribution in [2.24, 2.45) is 0 Å². The Hall–Kier alpha value is -0.800. The molecule has 0 fully saturated rings. The minimum absolute atomic E-state index is 0.728. The molecule has 0 saturated heterocycles. The van der Waals surface area contributed by atoms with Gasteiger partial charge >= 0.3 is 0 Å². The van der Waals surface area contributed by atoms with Crippen LogP contribution >= 0.6 is 15.9 Å². The van der Waals surface area contributed by atoms with E-state index in [9.17, 15) is 0 Å². The standard InChI is InChI=1S/C13H18BrNO/c1-3-4-5-9-16-13-11(10-15-2)7-6-8-12(13)14/h3,6-8,15H,1,4-5,9-10H2,2H3. The molecule has 0 amide bonds. The van der Waals surface area contributed by atoms with Crippen LogP contribution in [0.4, 0.5) is 0 Å². The lowest BCUT2D eigenvalue weighted by atomic mass is 10.2. The molecule has 0 aliphatic heterocycles. The normalized spacial score (nSPS) is 10.1. The molecule has 0 radical (unpaired) electrons. The van der Waals surface area contributed by atoms with E-state index in [1.54, 1.807) is 0 Å². The van der Waals surface area contributed by atoms with Gasteiger partial charge in [-0.05, 0) is 41.9 Å². The Bertz CT molecular complexity index is 339. The van der Waals surface area contributed by atoms with Gasteiger partial charge in [-0.25, -0.2) is 0 Å². The lowest BCUT2D eigenvalue weighted by Crippen LogP contribution is -2.08. The zero-order chi connectivity index (χ0) is 11.8. The summed E-state index contributed by atoms with van der Waals surface area (Å²) in [6.07, 6.45) is 3.91. The minimum atomic E-state index is 0.728. The molecule has 88 valence electrons. The Morgan fingerprint density at radius 2 is 2.31 bits per heavy atom. The molecule has 3 heteroatoms. The van der Waals surface area contributed by atoms with Gasteiger partial charge in [0.1, 0.15) is 5.75 Å². The molecule has 1 rings (SSSR count). The van der Waals surface area contributed by atoms with Crippen LogP contribution < -0.4 is 10.1 Å². The third-order valence-corrected chi connectivity index (χ3v) is 2.84. The molecule has 0 atom stereocenters. The lowest BCUT2D eigenvalue weighted by molar-refractivity contribution is 0.306. The van der Waals surface area contributed by atoms with Crippen molar-refractivity contribution in [3.8, 4) is 5.75 Å². The molecule has 0 heterocycles. The fourth-order valence-electron chi connectivity index (χ4n) is 1.45. The van der Waals surface area contributed by atoms with Gasteiger partial charge < -0.3 is 10.1 Å². The second kappa shape index (κ2) is 7.47. The van der Waals surface area contributed by atoms with E-state index in [1.165, 1.54) is 5.56 Å². The van der Waals surface area contributed by atoms with E-state index in [1.807, 2.05) is 25.3 Å². The maximum Gasteiger partial charge on any atom is 0.137 e. The van der Waals surface area contributed by atoms with Gasteiger partial charge in [0.2, 0.25) is 0 Å². The van der Waals surface area contributed by atoms with Crippen LogP contribution in [0.3, 0.4) is 0 Å². The van der Waals surface area contributed by atoms with Crippen molar-refractivity contribution in [1.82, 2.24) is 5.32 Å². The number of benzene rings is 1. The molecule has 0 aromatic heterocycles. The van der Waals surface area contributed by atoms with Crippen LogP contribution in [0.25, 0.3) is 0 Å². The van der Waals surface area contributed by atoms with Gasteiger partial charge in [-0.3, -0.25) is 0 Å². The summed E-state index contributed by atoms with van der Waals surface area (Å²) in [6.45, 7) is 5.24. The van der Waals surface area contributed by atoms with Gasteiger partial charge in [-0.2, -0.15) is 0 Å². The average molecular weight is 284 g/mol. The number of hydrogen-bond donors (Lipinski definition) is 1. The topological polar surface area (TPSA) is 21.3 Å². The molecule has 0 saturated carbocycles. The molecule has 0 aliphatic rings. The van der Waals surface area contributed by atoms with E-state index in [0.717, 1.165) is 36.2 Å². The van der Waals surface area contributed by atoms with Crippen LogP contribution in [-0.2, 0) is 6.54 Å². The van der Waals surface area contributed by atoms with Gasteiger partial charge in [0, 0.05) is 12.1 Å². The van der Waals surface area contributed by atoms with Crippen molar-refractivity contribution >= 4 is 15.9 Å². The smallest absolute Gasteiger partial charge is 0.137 e. The SMILES string of the molecule is C=CCCCOc1c(Br)cccc1CNC. The maximum atomic E-state index is 5.79. The van der Waals surface area contributed by atoms with Crippen molar-refractivity contribution in [2.75, 3.05) is 13.7 Å². The average Bonchev–Trinajstić information content (AvgIpc) is 2.28. The first-order valence-electron chi connectivity index (χ1n) is 5.45. The van der Waals surface area contributed by atoms with E-state index in [2.05, 4.69) is 33.9 Å². The van der Waals surface area contributed by atoms with Gasteiger partial charge in [0.15, 0.2) is 0 Å². The molecular weight excluding hydrogens is 266 g/mol. The highest BCUT2D eigenvalue weighted by atomic mass is 79.9. The molecule has 2 nitrogen and oxygen atoms in total. The largest absolute Gasteiger partial charge is 0.492 e. The summed E-state index contributed by atoms with van der Waals surface area (Å²) in [5, 5.41) is 3.14. The molecule has 0 aliphatic carbocycles. The van der Waals surface area contributed by atoms with Gasteiger partial charge in [0.05, 0.1) is 11.1 Å². The minimum Gasteiger partial charge on any atom is -0.492 e. The van der Waals surface area contributed by atoms with Crippen LogP contribution in [-0.4, -0.2) is 13.7 Å². The summed E-state index contributed by atoms with van der Waals surface area (Å²) in [4.78, 5) is 0. The molecule has 1 aromatic rings. The summed E-state index contributed by atoms with van der Waals surface area (Å²) in [6, 6.07) is 6.10. The van der Waals surface area contributed by atoms with E-state index >= 15 is 0 Å². The third-order valence-electron chi connectivity index (χ3n) is 2.21. The first-order chi connectivity index (χ1) is 7.79. The van der Waals surface area contributed by atoms with Gasteiger partial charge in [-0.15, -0.1) is 6.58 Å². The van der Waals surface area contributed by atoms with E-state index in [-0.39, 0.29) is 0 Å². The predicted octanol–water partition coefficient (Wildman–Crippen LogP) is 3.51. The Kier molecular flexibility index (Phi) is 6.19. The Morgan fingerprint density at radius 3 is 3.00 bits per heavy atom. The highest BCUT2D eigenvalue weighted by Gasteiger charge is 2.06. The number of nitrogens with one attached hydrogen (secondary N) is 1. The van der Waals surface area contributed by atoms with E-state index < -0.39 is 0 Å². The zero-order valence-corrected chi connectivity index (χ0v) is 11.2. The molecule has 1 N–H and O–H groups in total. The number of unbranched alkanes of at least 4 members (excludes halogenated alkanes) is 1. The summed E-state index contributed by atoms with van der Waals surface area (Å²) in [5.74, 6) is 0.945. The molecule has 1 aromatic carbocycles.